The van der Waals surface area contributed by atoms with E-state index in [4.69, 9.17) is 15.6 Å². The minimum Gasteiger partial charge on any atom is -0.478 e. The van der Waals surface area contributed by atoms with E-state index in [0.29, 0.717) is 21.5 Å². The molecule has 0 aliphatic carbocycles. The molecule has 0 aliphatic rings. The summed E-state index contributed by atoms with van der Waals surface area (Å²) in [6, 6.07) is 10.9. The third kappa shape index (κ3) is 3.16. The van der Waals surface area contributed by atoms with Gasteiger partial charge in [0, 0.05) is 10.0 Å². The van der Waals surface area contributed by atoms with E-state index < -0.39 is 11.9 Å². The Morgan fingerprint density at radius 1 is 1.05 bits per heavy atom. The van der Waals surface area contributed by atoms with Crippen molar-refractivity contribution in [3.05, 3.63) is 58.1 Å². The third-order valence-electron chi connectivity index (χ3n) is 2.54. The van der Waals surface area contributed by atoms with Crippen LogP contribution in [-0.2, 0) is 0 Å². The van der Waals surface area contributed by atoms with Crippen LogP contribution in [0.4, 0.5) is 0 Å². The molecule has 20 heavy (non-hydrogen) atoms. The Balaban J connectivity index is 2.23. The molecule has 0 aliphatic heterocycles. The van der Waals surface area contributed by atoms with E-state index in [-0.39, 0.29) is 5.56 Å². The summed E-state index contributed by atoms with van der Waals surface area (Å²) in [5.41, 5.74) is 5.62. The summed E-state index contributed by atoms with van der Waals surface area (Å²) in [5.74, 6) is -0.703. The second-order valence-electron chi connectivity index (χ2n) is 3.94. The zero-order valence-electron chi connectivity index (χ0n) is 10.2. The van der Waals surface area contributed by atoms with Crippen molar-refractivity contribution in [2.75, 3.05) is 0 Å². The highest BCUT2D eigenvalue weighted by Gasteiger charge is 2.10. The van der Waals surface area contributed by atoms with Crippen LogP contribution in [0.15, 0.2) is 46.9 Å². The summed E-state index contributed by atoms with van der Waals surface area (Å²) in [5, 5.41) is 9.02. The van der Waals surface area contributed by atoms with Crippen LogP contribution in [0.5, 0.6) is 11.5 Å². The van der Waals surface area contributed by atoms with Crippen molar-refractivity contribution in [3.8, 4) is 11.5 Å². The van der Waals surface area contributed by atoms with Gasteiger partial charge in [-0.3, -0.25) is 4.79 Å². The first kappa shape index (κ1) is 14.1. The molecule has 0 bridgehead atoms. The number of halogens is 1. The van der Waals surface area contributed by atoms with Crippen LogP contribution in [0, 0.1) is 0 Å². The quantitative estimate of drug-likeness (QED) is 0.898. The minimum atomic E-state index is -1.05. The maximum Gasteiger partial charge on any atom is 0.336 e. The van der Waals surface area contributed by atoms with Crippen LogP contribution < -0.4 is 10.5 Å². The summed E-state index contributed by atoms with van der Waals surface area (Å²) >= 11 is 3.15. The zero-order chi connectivity index (χ0) is 14.7. The second-order valence-corrected chi connectivity index (χ2v) is 4.79. The van der Waals surface area contributed by atoms with E-state index in [2.05, 4.69) is 15.9 Å². The van der Waals surface area contributed by atoms with Gasteiger partial charge >= 0.3 is 5.97 Å². The van der Waals surface area contributed by atoms with E-state index in [1.54, 1.807) is 24.3 Å². The number of amides is 1. The topological polar surface area (TPSA) is 89.6 Å². The highest BCUT2D eigenvalue weighted by molar-refractivity contribution is 9.10. The summed E-state index contributed by atoms with van der Waals surface area (Å²) in [6.45, 7) is 0. The van der Waals surface area contributed by atoms with E-state index in [1.807, 2.05) is 0 Å². The summed E-state index contributed by atoms with van der Waals surface area (Å²) < 4.78 is 6.00. The van der Waals surface area contributed by atoms with Crippen LogP contribution in [0.25, 0.3) is 0 Å². The molecule has 2 aromatic rings. The summed E-state index contributed by atoms with van der Waals surface area (Å²) in [7, 11) is 0. The first-order valence-corrected chi connectivity index (χ1v) is 6.37. The Labute approximate surface area is 123 Å². The standard InChI is InChI=1S/C14H10BrNO4/c15-12-6-5-10(7-11(12)14(18)19)20-9-3-1-8(2-4-9)13(16)17/h1-7H,(H2,16,17)(H,18,19). The molecule has 0 saturated heterocycles. The molecule has 5 nitrogen and oxygen atoms in total. The van der Waals surface area contributed by atoms with Crippen molar-refractivity contribution in [2.45, 2.75) is 0 Å². The molecular weight excluding hydrogens is 326 g/mol. The Morgan fingerprint density at radius 2 is 1.65 bits per heavy atom. The van der Waals surface area contributed by atoms with Gasteiger partial charge in [0.25, 0.3) is 0 Å². The molecule has 0 heterocycles. The van der Waals surface area contributed by atoms with Gasteiger partial charge < -0.3 is 15.6 Å². The number of carbonyl (C=O) groups is 2. The number of benzene rings is 2. The molecule has 102 valence electrons. The van der Waals surface area contributed by atoms with Gasteiger partial charge in [0.2, 0.25) is 5.91 Å². The molecule has 0 unspecified atom stereocenters. The number of ether oxygens (including phenoxy) is 1. The molecular formula is C14H10BrNO4. The van der Waals surface area contributed by atoms with Gasteiger partial charge in [0.15, 0.2) is 0 Å². The lowest BCUT2D eigenvalue weighted by Crippen LogP contribution is -2.10. The number of carbonyl (C=O) groups excluding carboxylic acids is 1. The SMILES string of the molecule is NC(=O)c1ccc(Oc2ccc(Br)c(C(=O)O)c2)cc1. The lowest BCUT2D eigenvalue weighted by molar-refractivity contribution is 0.0695. The highest BCUT2D eigenvalue weighted by Crippen LogP contribution is 2.26. The molecule has 0 fully saturated rings. The van der Waals surface area contributed by atoms with Crippen LogP contribution in [0.2, 0.25) is 0 Å². The van der Waals surface area contributed by atoms with Gasteiger partial charge in [-0.05, 0) is 58.4 Å². The number of rotatable bonds is 4. The number of hydrogen-bond acceptors (Lipinski definition) is 3. The fraction of sp³-hybridized carbons (Fsp3) is 0. The Morgan fingerprint density at radius 3 is 2.20 bits per heavy atom. The van der Waals surface area contributed by atoms with Crippen molar-refractivity contribution in [1.82, 2.24) is 0 Å². The minimum absolute atomic E-state index is 0.108. The predicted octanol–water partition coefficient (Wildman–Crippen LogP) is 3.04. The maximum absolute atomic E-state index is 11.0. The molecule has 3 N–H and O–H groups in total. The van der Waals surface area contributed by atoms with Crippen molar-refractivity contribution in [1.29, 1.82) is 0 Å². The summed E-state index contributed by atoms with van der Waals surface area (Å²) in [6.07, 6.45) is 0. The number of carboxylic acid groups (broad SMARTS) is 1. The number of nitrogens with two attached hydrogens (primary N) is 1. The molecule has 2 rings (SSSR count). The first-order chi connectivity index (χ1) is 9.47. The molecule has 0 saturated carbocycles. The van der Waals surface area contributed by atoms with Gasteiger partial charge in [-0.2, -0.15) is 0 Å². The number of primary amides is 1. The van der Waals surface area contributed by atoms with Crippen molar-refractivity contribution >= 4 is 27.8 Å². The molecule has 0 atom stereocenters. The number of carboxylic acids is 1. The Bertz CT molecular complexity index is 667. The highest BCUT2D eigenvalue weighted by atomic mass is 79.9. The van der Waals surface area contributed by atoms with Gasteiger partial charge in [-0.1, -0.05) is 0 Å². The Kier molecular flexibility index (Phi) is 4.05. The number of hydrogen-bond donors (Lipinski definition) is 2. The van der Waals surface area contributed by atoms with Crippen LogP contribution in [-0.4, -0.2) is 17.0 Å². The Hall–Kier alpha value is -2.34. The zero-order valence-corrected chi connectivity index (χ0v) is 11.8. The summed E-state index contributed by atoms with van der Waals surface area (Å²) in [4.78, 5) is 21.9. The number of aromatic carboxylic acids is 1. The van der Waals surface area contributed by atoms with Crippen molar-refractivity contribution in [3.63, 3.8) is 0 Å². The molecule has 0 aromatic heterocycles. The second kappa shape index (κ2) is 5.75. The fourth-order valence-electron chi connectivity index (χ4n) is 1.56. The molecule has 6 heteroatoms. The molecule has 0 spiro atoms. The van der Waals surface area contributed by atoms with Crippen molar-refractivity contribution < 1.29 is 19.4 Å². The van der Waals surface area contributed by atoms with E-state index in [1.165, 1.54) is 18.2 Å². The van der Waals surface area contributed by atoms with Gasteiger partial charge in [-0.15, -0.1) is 0 Å². The van der Waals surface area contributed by atoms with Crippen LogP contribution >= 0.6 is 15.9 Å². The van der Waals surface area contributed by atoms with E-state index >= 15 is 0 Å². The maximum atomic E-state index is 11.0. The molecule has 1 amide bonds. The van der Waals surface area contributed by atoms with Crippen LogP contribution in [0.3, 0.4) is 0 Å². The van der Waals surface area contributed by atoms with Gasteiger partial charge in [0.05, 0.1) is 5.56 Å². The first-order valence-electron chi connectivity index (χ1n) is 5.58. The smallest absolute Gasteiger partial charge is 0.336 e. The third-order valence-corrected chi connectivity index (χ3v) is 3.23. The lowest BCUT2D eigenvalue weighted by Gasteiger charge is -2.07. The molecule has 0 radical (unpaired) electrons. The van der Waals surface area contributed by atoms with Gasteiger partial charge in [0.1, 0.15) is 11.5 Å². The monoisotopic (exact) mass is 335 g/mol. The predicted molar refractivity (Wildman–Crippen MR) is 76.1 cm³/mol. The van der Waals surface area contributed by atoms with Crippen LogP contribution in [0.1, 0.15) is 20.7 Å². The van der Waals surface area contributed by atoms with E-state index in [0.717, 1.165) is 0 Å². The molecule has 2 aromatic carbocycles. The van der Waals surface area contributed by atoms with Crippen molar-refractivity contribution in [2.24, 2.45) is 5.73 Å². The van der Waals surface area contributed by atoms with E-state index in [9.17, 15) is 9.59 Å². The normalized spacial score (nSPS) is 10.1. The lowest BCUT2D eigenvalue weighted by atomic mass is 10.2. The average molecular weight is 336 g/mol. The van der Waals surface area contributed by atoms with Gasteiger partial charge in [-0.25, -0.2) is 4.79 Å². The average Bonchev–Trinajstić information content (AvgIpc) is 2.41. The largest absolute Gasteiger partial charge is 0.478 e. The fourth-order valence-corrected chi connectivity index (χ4v) is 1.97.